The first-order chi connectivity index (χ1) is 13.4. The molecule has 1 atom stereocenters. The highest BCUT2D eigenvalue weighted by Crippen LogP contribution is 2.21. The third kappa shape index (κ3) is 5.22. The average Bonchev–Trinajstić information content (AvgIpc) is 2.69. The minimum Gasteiger partial charge on any atom is -0.463 e. The Balaban J connectivity index is 2.15. The Morgan fingerprint density at radius 1 is 1.36 bits per heavy atom. The molecule has 1 aliphatic heterocycles. The molecule has 2 heterocycles. The number of dihydropyridines is 1. The van der Waals surface area contributed by atoms with Crippen molar-refractivity contribution in [2.24, 2.45) is 0 Å². The van der Waals surface area contributed by atoms with Crippen LogP contribution < -0.4 is 16.4 Å². The van der Waals surface area contributed by atoms with Gasteiger partial charge in [0.25, 0.3) is 5.91 Å². The summed E-state index contributed by atoms with van der Waals surface area (Å²) < 4.78 is 5.72. The SMILES string of the molecule is CC=C(O/C=C(\C)CC)c1nc(N)c(C(=O)NCC2NC=CC=C2C)nc1C. The maximum absolute atomic E-state index is 12.6. The molecule has 0 saturated carbocycles. The lowest BCUT2D eigenvalue weighted by Gasteiger charge is -2.21. The molecule has 2 rings (SSSR count). The number of aryl methyl sites for hydroxylation is 1. The largest absolute Gasteiger partial charge is 0.463 e. The molecule has 0 fully saturated rings. The maximum atomic E-state index is 12.6. The van der Waals surface area contributed by atoms with Gasteiger partial charge >= 0.3 is 0 Å². The lowest BCUT2D eigenvalue weighted by atomic mass is 10.1. The van der Waals surface area contributed by atoms with Crippen molar-refractivity contribution in [3.05, 3.63) is 58.9 Å². The number of ether oxygens (including phenoxy) is 1. The van der Waals surface area contributed by atoms with Crippen LogP contribution in [0.15, 0.2) is 41.8 Å². The Labute approximate surface area is 166 Å². The van der Waals surface area contributed by atoms with Gasteiger partial charge in [0.1, 0.15) is 11.5 Å². The van der Waals surface area contributed by atoms with E-state index in [0.717, 1.165) is 17.6 Å². The highest BCUT2D eigenvalue weighted by atomic mass is 16.5. The quantitative estimate of drug-likeness (QED) is 0.625. The highest BCUT2D eigenvalue weighted by molar-refractivity contribution is 5.96. The number of amides is 1. The molecule has 28 heavy (non-hydrogen) atoms. The second-order valence-electron chi connectivity index (χ2n) is 6.68. The number of nitrogens with zero attached hydrogens (tertiary/aromatic N) is 2. The Morgan fingerprint density at radius 2 is 2.11 bits per heavy atom. The van der Waals surface area contributed by atoms with Crippen LogP contribution in [0.1, 0.15) is 56.0 Å². The molecule has 1 amide bonds. The molecule has 0 aliphatic carbocycles. The van der Waals surface area contributed by atoms with Gasteiger partial charge in [-0.2, -0.15) is 0 Å². The monoisotopic (exact) mass is 383 g/mol. The van der Waals surface area contributed by atoms with Crippen LogP contribution in [0.3, 0.4) is 0 Å². The van der Waals surface area contributed by atoms with Crippen LogP contribution in [0.5, 0.6) is 0 Å². The Hall–Kier alpha value is -3.09. The normalized spacial score (nSPS) is 17.0. The number of rotatable bonds is 7. The van der Waals surface area contributed by atoms with Crippen molar-refractivity contribution in [2.75, 3.05) is 12.3 Å². The molecule has 7 heteroatoms. The van der Waals surface area contributed by atoms with Crippen LogP contribution >= 0.6 is 0 Å². The van der Waals surface area contributed by atoms with Crippen molar-refractivity contribution in [1.29, 1.82) is 0 Å². The minimum atomic E-state index is -0.353. The van der Waals surface area contributed by atoms with Gasteiger partial charge < -0.3 is 21.1 Å². The molecule has 7 nitrogen and oxygen atoms in total. The molecule has 1 unspecified atom stereocenters. The zero-order chi connectivity index (χ0) is 20.7. The van der Waals surface area contributed by atoms with Gasteiger partial charge in [-0.05, 0) is 63.6 Å². The molecular weight excluding hydrogens is 354 g/mol. The van der Waals surface area contributed by atoms with Crippen LogP contribution in [0.2, 0.25) is 0 Å². The van der Waals surface area contributed by atoms with Gasteiger partial charge in [0, 0.05) is 6.54 Å². The minimum absolute atomic E-state index is 0.0418. The fourth-order valence-electron chi connectivity index (χ4n) is 2.56. The number of nitrogens with one attached hydrogen (secondary N) is 2. The van der Waals surface area contributed by atoms with E-state index in [1.165, 1.54) is 0 Å². The van der Waals surface area contributed by atoms with Crippen molar-refractivity contribution in [3.63, 3.8) is 0 Å². The second kappa shape index (κ2) is 9.73. The first-order valence-electron chi connectivity index (χ1n) is 9.38. The maximum Gasteiger partial charge on any atom is 0.273 e. The lowest BCUT2D eigenvalue weighted by Crippen LogP contribution is -2.41. The summed E-state index contributed by atoms with van der Waals surface area (Å²) in [4.78, 5) is 21.3. The van der Waals surface area contributed by atoms with Crippen molar-refractivity contribution in [1.82, 2.24) is 20.6 Å². The summed E-state index contributed by atoms with van der Waals surface area (Å²) in [6.07, 6.45) is 10.2. The van der Waals surface area contributed by atoms with Gasteiger partial charge in [-0.15, -0.1) is 0 Å². The van der Waals surface area contributed by atoms with Crippen molar-refractivity contribution in [3.8, 4) is 0 Å². The van der Waals surface area contributed by atoms with Crippen LogP contribution in [0.4, 0.5) is 5.82 Å². The van der Waals surface area contributed by atoms with Gasteiger partial charge in [-0.3, -0.25) is 4.79 Å². The molecule has 1 aromatic heterocycles. The molecule has 4 N–H and O–H groups in total. The average molecular weight is 383 g/mol. The number of nitrogens with two attached hydrogens (primary N) is 1. The summed E-state index contributed by atoms with van der Waals surface area (Å²) in [6.45, 7) is 10.1. The van der Waals surface area contributed by atoms with E-state index in [-0.39, 0.29) is 23.5 Å². The van der Waals surface area contributed by atoms with Gasteiger partial charge in [-0.1, -0.05) is 13.0 Å². The summed E-state index contributed by atoms with van der Waals surface area (Å²) in [7, 11) is 0. The van der Waals surface area contributed by atoms with E-state index in [9.17, 15) is 4.79 Å². The molecule has 0 aromatic carbocycles. The second-order valence-corrected chi connectivity index (χ2v) is 6.68. The lowest BCUT2D eigenvalue weighted by molar-refractivity contribution is 0.0947. The molecule has 150 valence electrons. The Kier molecular flexibility index (Phi) is 7.37. The molecule has 0 spiro atoms. The third-order valence-corrected chi connectivity index (χ3v) is 4.52. The summed E-state index contributed by atoms with van der Waals surface area (Å²) in [5.41, 5.74) is 9.48. The van der Waals surface area contributed by atoms with E-state index >= 15 is 0 Å². The van der Waals surface area contributed by atoms with Crippen LogP contribution in [0.25, 0.3) is 5.76 Å². The van der Waals surface area contributed by atoms with Crippen molar-refractivity contribution >= 4 is 17.5 Å². The number of hydrogen-bond donors (Lipinski definition) is 3. The number of carbonyl (C=O) groups excluding carboxylic acids is 1. The van der Waals surface area contributed by atoms with E-state index in [1.54, 1.807) is 19.3 Å². The third-order valence-electron chi connectivity index (χ3n) is 4.52. The predicted molar refractivity (Wildman–Crippen MR) is 112 cm³/mol. The highest BCUT2D eigenvalue weighted by Gasteiger charge is 2.20. The summed E-state index contributed by atoms with van der Waals surface area (Å²) in [5, 5.41) is 6.06. The van der Waals surface area contributed by atoms with E-state index in [0.29, 0.717) is 23.7 Å². The number of anilines is 1. The van der Waals surface area contributed by atoms with Gasteiger partial charge in [0.2, 0.25) is 0 Å². The Morgan fingerprint density at radius 3 is 2.75 bits per heavy atom. The fourth-order valence-corrected chi connectivity index (χ4v) is 2.56. The summed E-state index contributed by atoms with van der Waals surface area (Å²) in [6, 6.07) is 0.0418. The first kappa shape index (κ1) is 21.2. The molecule has 1 aromatic rings. The van der Waals surface area contributed by atoms with E-state index in [2.05, 4.69) is 27.5 Å². The number of allylic oxidation sites excluding steroid dienone is 4. The number of carbonyl (C=O) groups is 1. The molecule has 0 bridgehead atoms. The van der Waals surface area contributed by atoms with E-state index in [4.69, 9.17) is 10.5 Å². The summed E-state index contributed by atoms with van der Waals surface area (Å²) in [5.74, 6) is 0.268. The smallest absolute Gasteiger partial charge is 0.273 e. The fraction of sp³-hybridized carbons (Fsp3) is 0.381. The van der Waals surface area contributed by atoms with Crippen molar-refractivity contribution in [2.45, 2.75) is 47.1 Å². The zero-order valence-corrected chi connectivity index (χ0v) is 17.2. The zero-order valence-electron chi connectivity index (χ0n) is 17.2. The number of hydrogen-bond acceptors (Lipinski definition) is 6. The summed E-state index contributed by atoms with van der Waals surface area (Å²) >= 11 is 0. The molecule has 0 radical (unpaired) electrons. The van der Waals surface area contributed by atoms with Crippen LogP contribution in [0, 0.1) is 6.92 Å². The van der Waals surface area contributed by atoms with E-state index in [1.807, 2.05) is 39.1 Å². The molecule has 1 aliphatic rings. The van der Waals surface area contributed by atoms with Crippen LogP contribution in [-0.2, 0) is 4.74 Å². The van der Waals surface area contributed by atoms with Gasteiger partial charge in [-0.25, -0.2) is 9.97 Å². The molecular formula is C21H29N5O2. The Bertz CT molecular complexity index is 853. The van der Waals surface area contributed by atoms with Crippen LogP contribution in [-0.4, -0.2) is 28.5 Å². The number of nitrogen functional groups attached to an aromatic ring is 1. The predicted octanol–water partition coefficient (Wildman–Crippen LogP) is 3.22. The topological polar surface area (TPSA) is 102 Å². The standard InChI is InChI=1S/C21H29N5O2/c1-6-13(3)12-28-17(7-2)18-15(5)25-19(20(22)26-18)21(27)24-11-16-14(4)9-8-10-23-16/h7-10,12,16,23H,6,11H2,1-5H3,(H2,22,26)(H,24,27)/b13-12+,17-7?. The van der Waals surface area contributed by atoms with Gasteiger partial charge in [0.15, 0.2) is 11.5 Å². The molecule has 0 saturated heterocycles. The first-order valence-corrected chi connectivity index (χ1v) is 9.38. The van der Waals surface area contributed by atoms with Crippen molar-refractivity contribution < 1.29 is 9.53 Å². The van der Waals surface area contributed by atoms with E-state index < -0.39 is 0 Å². The number of aromatic nitrogens is 2. The van der Waals surface area contributed by atoms with Gasteiger partial charge in [0.05, 0.1) is 18.0 Å².